The van der Waals surface area contributed by atoms with Crippen LogP contribution >= 0.6 is 0 Å². The van der Waals surface area contributed by atoms with Crippen LogP contribution in [0, 0.1) is 0 Å². The molecule has 0 aromatic carbocycles. The van der Waals surface area contributed by atoms with Crippen LogP contribution < -0.4 is 15.5 Å². The molecule has 8 heteroatoms. The standard InChI is InChI=1S/C13H14N6O2/c1-14-13(21)16-10-8-11-18(6-7-19(11)17-10)12(20)9-4-2-3-5-15-9/h2-5,8H,6-7H2,1H3,(H2,14,16,17,21). The van der Waals surface area contributed by atoms with Crippen LogP contribution in [0.2, 0.25) is 0 Å². The molecule has 3 rings (SSSR count). The third-order valence-electron chi connectivity index (χ3n) is 3.17. The second-order valence-electron chi connectivity index (χ2n) is 4.49. The van der Waals surface area contributed by atoms with Gasteiger partial charge >= 0.3 is 6.03 Å². The molecule has 1 aliphatic heterocycles. The third-order valence-corrected chi connectivity index (χ3v) is 3.17. The average Bonchev–Trinajstić information content (AvgIpc) is 3.07. The summed E-state index contributed by atoms with van der Waals surface area (Å²) in [5, 5.41) is 9.27. The predicted molar refractivity (Wildman–Crippen MR) is 76.2 cm³/mol. The maximum atomic E-state index is 12.4. The van der Waals surface area contributed by atoms with Gasteiger partial charge < -0.3 is 5.32 Å². The summed E-state index contributed by atoms with van der Waals surface area (Å²) in [5.41, 5.74) is 0.382. The number of hydrogen-bond acceptors (Lipinski definition) is 4. The van der Waals surface area contributed by atoms with Gasteiger partial charge in [0.15, 0.2) is 5.82 Å². The van der Waals surface area contributed by atoms with Crippen LogP contribution in [0.15, 0.2) is 30.5 Å². The third kappa shape index (κ3) is 2.42. The number of pyridine rings is 1. The van der Waals surface area contributed by atoms with Crippen molar-refractivity contribution in [3.05, 3.63) is 36.2 Å². The molecule has 0 aliphatic carbocycles. The van der Waals surface area contributed by atoms with Gasteiger partial charge in [0, 0.05) is 25.9 Å². The van der Waals surface area contributed by atoms with Gasteiger partial charge in [-0.25, -0.2) is 9.48 Å². The highest BCUT2D eigenvalue weighted by molar-refractivity contribution is 6.05. The van der Waals surface area contributed by atoms with Gasteiger partial charge in [-0.15, -0.1) is 0 Å². The molecular weight excluding hydrogens is 272 g/mol. The summed E-state index contributed by atoms with van der Waals surface area (Å²) in [6, 6.07) is 6.52. The van der Waals surface area contributed by atoms with E-state index in [1.807, 2.05) is 0 Å². The second-order valence-corrected chi connectivity index (χ2v) is 4.49. The monoisotopic (exact) mass is 286 g/mol. The molecule has 21 heavy (non-hydrogen) atoms. The molecule has 0 saturated carbocycles. The number of nitrogens with one attached hydrogen (secondary N) is 2. The largest absolute Gasteiger partial charge is 0.341 e. The van der Waals surface area contributed by atoms with E-state index in [9.17, 15) is 9.59 Å². The molecule has 108 valence electrons. The minimum absolute atomic E-state index is 0.180. The van der Waals surface area contributed by atoms with Crippen LogP contribution in [0.25, 0.3) is 0 Å². The smallest absolute Gasteiger partial charge is 0.320 e. The summed E-state index contributed by atoms with van der Waals surface area (Å²) in [4.78, 5) is 29.4. The Balaban J connectivity index is 1.83. The number of nitrogens with zero attached hydrogens (tertiary/aromatic N) is 4. The van der Waals surface area contributed by atoms with E-state index in [1.165, 1.54) is 7.05 Å². The van der Waals surface area contributed by atoms with E-state index in [2.05, 4.69) is 20.7 Å². The lowest BCUT2D eigenvalue weighted by atomic mass is 10.3. The van der Waals surface area contributed by atoms with Crippen LogP contribution in [0.3, 0.4) is 0 Å². The lowest BCUT2D eigenvalue weighted by Crippen LogP contribution is -2.29. The van der Waals surface area contributed by atoms with Gasteiger partial charge in [-0.05, 0) is 12.1 Å². The normalized spacial score (nSPS) is 12.9. The molecule has 2 N–H and O–H groups in total. The Morgan fingerprint density at radius 3 is 2.86 bits per heavy atom. The van der Waals surface area contributed by atoms with E-state index in [4.69, 9.17) is 0 Å². The molecule has 8 nitrogen and oxygen atoms in total. The Bertz CT molecular complexity index is 681. The molecular formula is C13H14N6O2. The molecule has 0 saturated heterocycles. The van der Waals surface area contributed by atoms with Crippen molar-refractivity contribution in [1.82, 2.24) is 20.1 Å². The number of carbonyl (C=O) groups excluding carboxylic acids is 2. The zero-order valence-corrected chi connectivity index (χ0v) is 11.4. The van der Waals surface area contributed by atoms with Crippen molar-refractivity contribution in [1.29, 1.82) is 0 Å². The topological polar surface area (TPSA) is 92.2 Å². The van der Waals surface area contributed by atoms with E-state index in [0.717, 1.165) is 0 Å². The van der Waals surface area contributed by atoms with Crippen molar-refractivity contribution in [2.75, 3.05) is 23.8 Å². The fourth-order valence-corrected chi connectivity index (χ4v) is 2.17. The highest BCUT2D eigenvalue weighted by Gasteiger charge is 2.28. The number of rotatable bonds is 2. The lowest BCUT2D eigenvalue weighted by molar-refractivity contribution is 0.0984. The van der Waals surface area contributed by atoms with Gasteiger partial charge in [0.2, 0.25) is 0 Å². The fourth-order valence-electron chi connectivity index (χ4n) is 2.17. The summed E-state index contributed by atoms with van der Waals surface area (Å²) in [6.07, 6.45) is 1.58. The SMILES string of the molecule is CNC(=O)Nc1cc2n(n1)CCN2C(=O)c1ccccn1. The Morgan fingerprint density at radius 2 is 2.14 bits per heavy atom. The first kappa shape index (κ1) is 13.1. The average molecular weight is 286 g/mol. The zero-order chi connectivity index (χ0) is 14.8. The van der Waals surface area contributed by atoms with E-state index < -0.39 is 0 Å². The Kier molecular flexibility index (Phi) is 3.27. The van der Waals surface area contributed by atoms with E-state index in [-0.39, 0.29) is 11.9 Å². The Labute approximate surface area is 120 Å². The van der Waals surface area contributed by atoms with Crippen molar-refractivity contribution in [3.63, 3.8) is 0 Å². The van der Waals surface area contributed by atoms with Crippen molar-refractivity contribution in [3.8, 4) is 0 Å². The van der Waals surface area contributed by atoms with Crippen molar-refractivity contribution >= 4 is 23.6 Å². The Morgan fingerprint density at radius 1 is 1.29 bits per heavy atom. The van der Waals surface area contributed by atoms with Gasteiger partial charge in [0.25, 0.3) is 5.91 Å². The summed E-state index contributed by atoms with van der Waals surface area (Å²) in [5.74, 6) is 0.876. The second kappa shape index (κ2) is 5.23. The fraction of sp³-hybridized carbons (Fsp3) is 0.231. The van der Waals surface area contributed by atoms with Crippen LogP contribution in [0.1, 0.15) is 10.5 Å². The number of aromatic nitrogens is 3. The van der Waals surface area contributed by atoms with Gasteiger partial charge in [0.1, 0.15) is 11.5 Å². The molecule has 0 bridgehead atoms. The first-order valence-corrected chi connectivity index (χ1v) is 6.48. The number of fused-ring (bicyclic) bond motifs is 1. The minimum atomic E-state index is -0.352. The first-order chi connectivity index (χ1) is 10.2. The van der Waals surface area contributed by atoms with E-state index in [1.54, 1.807) is 40.0 Å². The van der Waals surface area contributed by atoms with Gasteiger partial charge in [-0.1, -0.05) is 6.07 Å². The van der Waals surface area contributed by atoms with Crippen LogP contribution in [-0.4, -0.2) is 40.3 Å². The van der Waals surface area contributed by atoms with Crippen molar-refractivity contribution < 1.29 is 9.59 Å². The summed E-state index contributed by atoms with van der Waals surface area (Å²) in [6.45, 7) is 1.13. The van der Waals surface area contributed by atoms with Gasteiger partial charge in [-0.3, -0.25) is 20.0 Å². The molecule has 0 radical (unpaired) electrons. The number of anilines is 2. The molecule has 0 unspecified atom stereocenters. The highest BCUT2D eigenvalue weighted by atomic mass is 16.2. The zero-order valence-electron chi connectivity index (χ0n) is 11.4. The quantitative estimate of drug-likeness (QED) is 0.849. The molecule has 2 aromatic heterocycles. The summed E-state index contributed by atoms with van der Waals surface area (Å²) in [7, 11) is 1.52. The predicted octanol–water partition coefficient (Wildman–Crippen LogP) is 0.690. The maximum Gasteiger partial charge on any atom is 0.320 e. The number of amides is 3. The lowest BCUT2D eigenvalue weighted by Gasteiger charge is -2.13. The maximum absolute atomic E-state index is 12.4. The minimum Gasteiger partial charge on any atom is -0.341 e. The molecule has 3 amide bonds. The molecule has 0 spiro atoms. The first-order valence-electron chi connectivity index (χ1n) is 6.48. The number of carbonyl (C=O) groups is 2. The molecule has 0 fully saturated rings. The van der Waals surface area contributed by atoms with Gasteiger partial charge in [-0.2, -0.15) is 5.10 Å². The Hall–Kier alpha value is -2.90. The molecule has 2 aromatic rings. The van der Waals surface area contributed by atoms with E-state index in [0.29, 0.717) is 30.4 Å². The molecule has 0 atom stereocenters. The van der Waals surface area contributed by atoms with Gasteiger partial charge in [0.05, 0.1) is 6.54 Å². The van der Waals surface area contributed by atoms with Crippen LogP contribution in [0.5, 0.6) is 0 Å². The number of urea groups is 1. The van der Waals surface area contributed by atoms with E-state index >= 15 is 0 Å². The van der Waals surface area contributed by atoms with Crippen molar-refractivity contribution in [2.24, 2.45) is 0 Å². The van der Waals surface area contributed by atoms with Crippen LogP contribution in [-0.2, 0) is 6.54 Å². The summed E-state index contributed by atoms with van der Waals surface area (Å²) < 4.78 is 1.69. The van der Waals surface area contributed by atoms with Crippen molar-refractivity contribution in [2.45, 2.75) is 6.54 Å². The molecule has 1 aliphatic rings. The highest BCUT2D eigenvalue weighted by Crippen LogP contribution is 2.25. The number of hydrogen-bond donors (Lipinski definition) is 2. The summed E-state index contributed by atoms with van der Waals surface area (Å²) >= 11 is 0. The molecule has 3 heterocycles. The van der Waals surface area contributed by atoms with Crippen LogP contribution in [0.4, 0.5) is 16.4 Å².